The maximum Gasteiger partial charge on any atom is 0.267 e. The van der Waals surface area contributed by atoms with Crippen molar-refractivity contribution in [2.24, 2.45) is 11.5 Å². The Morgan fingerprint density at radius 1 is 1.41 bits per heavy atom. The molecule has 1 aromatic heterocycles. The zero-order valence-corrected chi connectivity index (χ0v) is 9.18. The number of nitrogens with zero attached hydrogens (tertiary/aromatic N) is 1. The number of primary amides is 2. The fourth-order valence-electron chi connectivity index (χ4n) is 1.12. The molecule has 0 fully saturated rings. The van der Waals surface area contributed by atoms with E-state index >= 15 is 0 Å². The number of carbonyl (C=O) groups is 2. The Hall–Kier alpha value is -2.15. The minimum absolute atomic E-state index is 0.107. The Bertz CT molecular complexity index is 408. The standard InChI is InChI=1S/C10H14N4O3/c11-9(15)6-17-4-3-13-7-1-2-14-8(5-7)10(12)16/h1-2,5H,3-4,6H2,(H2,11,15)(H2,12,16)(H,13,14). The predicted octanol–water partition coefficient (Wildman–Crippen LogP) is -0.906. The van der Waals surface area contributed by atoms with Crippen molar-refractivity contribution in [3.05, 3.63) is 24.0 Å². The van der Waals surface area contributed by atoms with Gasteiger partial charge in [-0.3, -0.25) is 14.6 Å². The monoisotopic (exact) mass is 238 g/mol. The Labute approximate surface area is 98.1 Å². The molecule has 5 N–H and O–H groups in total. The number of hydrogen-bond donors (Lipinski definition) is 3. The van der Waals surface area contributed by atoms with Crippen molar-refractivity contribution >= 4 is 17.5 Å². The molecule has 0 aliphatic carbocycles. The van der Waals surface area contributed by atoms with Gasteiger partial charge in [0.05, 0.1) is 6.61 Å². The van der Waals surface area contributed by atoms with Crippen molar-refractivity contribution in [3.8, 4) is 0 Å². The molecule has 1 heterocycles. The van der Waals surface area contributed by atoms with E-state index in [4.69, 9.17) is 16.2 Å². The molecule has 0 aromatic carbocycles. The molecule has 7 heteroatoms. The van der Waals surface area contributed by atoms with Gasteiger partial charge in [-0.05, 0) is 12.1 Å². The highest BCUT2D eigenvalue weighted by atomic mass is 16.5. The first-order chi connectivity index (χ1) is 8.09. The van der Waals surface area contributed by atoms with Gasteiger partial charge in [0.2, 0.25) is 5.91 Å². The fraction of sp³-hybridized carbons (Fsp3) is 0.300. The van der Waals surface area contributed by atoms with E-state index in [1.54, 1.807) is 6.07 Å². The molecular formula is C10H14N4O3. The lowest BCUT2D eigenvalue weighted by molar-refractivity contribution is -0.122. The van der Waals surface area contributed by atoms with Crippen LogP contribution in [0.25, 0.3) is 0 Å². The van der Waals surface area contributed by atoms with Crippen LogP contribution < -0.4 is 16.8 Å². The summed E-state index contributed by atoms with van der Waals surface area (Å²) >= 11 is 0. The zero-order chi connectivity index (χ0) is 12.7. The third-order valence-electron chi connectivity index (χ3n) is 1.83. The van der Waals surface area contributed by atoms with Gasteiger partial charge in [-0.25, -0.2) is 0 Å². The number of ether oxygens (including phenoxy) is 1. The van der Waals surface area contributed by atoms with Gasteiger partial charge in [-0.1, -0.05) is 0 Å². The number of nitrogens with one attached hydrogen (secondary N) is 1. The molecule has 0 spiro atoms. The molecule has 7 nitrogen and oxygen atoms in total. The van der Waals surface area contributed by atoms with E-state index < -0.39 is 11.8 Å². The van der Waals surface area contributed by atoms with Crippen LogP contribution in [-0.2, 0) is 9.53 Å². The molecule has 1 rings (SSSR count). The largest absolute Gasteiger partial charge is 0.383 e. The minimum Gasteiger partial charge on any atom is -0.383 e. The third kappa shape index (κ3) is 4.94. The van der Waals surface area contributed by atoms with Crippen molar-refractivity contribution in [1.29, 1.82) is 0 Å². The van der Waals surface area contributed by atoms with Gasteiger partial charge >= 0.3 is 0 Å². The normalized spacial score (nSPS) is 9.88. The summed E-state index contributed by atoms with van der Waals surface area (Å²) in [5, 5.41) is 2.99. The van der Waals surface area contributed by atoms with Crippen molar-refractivity contribution in [2.45, 2.75) is 0 Å². The van der Waals surface area contributed by atoms with Crippen LogP contribution in [0.1, 0.15) is 10.5 Å². The zero-order valence-electron chi connectivity index (χ0n) is 9.18. The first-order valence-electron chi connectivity index (χ1n) is 4.95. The fourth-order valence-corrected chi connectivity index (χ4v) is 1.12. The van der Waals surface area contributed by atoms with Crippen molar-refractivity contribution < 1.29 is 14.3 Å². The number of anilines is 1. The van der Waals surface area contributed by atoms with Crippen LogP contribution in [0, 0.1) is 0 Å². The second-order valence-corrected chi connectivity index (χ2v) is 3.24. The van der Waals surface area contributed by atoms with Gasteiger partial charge in [0.1, 0.15) is 12.3 Å². The molecule has 0 unspecified atom stereocenters. The van der Waals surface area contributed by atoms with E-state index in [1.807, 2.05) is 0 Å². The molecule has 0 radical (unpaired) electrons. The summed E-state index contributed by atoms with van der Waals surface area (Å²) in [5.74, 6) is -1.09. The van der Waals surface area contributed by atoms with Crippen LogP contribution in [-0.4, -0.2) is 36.6 Å². The number of pyridine rings is 1. The van der Waals surface area contributed by atoms with Gasteiger partial charge in [-0.15, -0.1) is 0 Å². The number of hydrogen-bond acceptors (Lipinski definition) is 5. The average Bonchev–Trinajstić information content (AvgIpc) is 2.28. The average molecular weight is 238 g/mol. The smallest absolute Gasteiger partial charge is 0.267 e. The summed E-state index contributed by atoms with van der Waals surface area (Å²) < 4.78 is 4.95. The van der Waals surface area contributed by atoms with E-state index in [0.717, 1.165) is 0 Å². The Kier molecular flexibility index (Phi) is 4.89. The van der Waals surface area contributed by atoms with E-state index in [9.17, 15) is 9.59 Å². The van der Waals surface area contributed by atoms with E-state index in [1.165, 1.54) is 12.3 Å². The molecular weight excluding hydrogens is 224 g/mol. The summed E-state index contributed by atoms with van der Waals surface area (Å²) in [6.45, 7) is 0.706. The SMILES string of the molecule is NC(=O)COCCNc1ccnc(C(N)=O)c1. The highest BCUT2D eigenvalue weighted by molar-refractivity contribution is 5.91. The summed E-state index contributed by atoms with van der Waals surface area (Å²) in [6.07, 6.45) is 1.48. The Morgan fingerprint density at radius 2 is 2.18 bits per heavy atom. The number of amides is 2. The van der Waals surface area contributed by atoms with Crippen LogP contribution in [0.3, 0.4) is 0 Å². The number of nitrogens with two attached hydrogens (primary N) is 2. The first kappa shape index (κ1) is 12.9. The summed E-state index contributed by atoms with van der Waals surface area (Å²) in [7, 11) is 0. The minimum atomic E-state index is -0.585. The van der Waals surface area contributed by atoms with Gasteiger partial charge in [0.25, 0.3) is 5.91 Å². The second-order valence-electron chi connectivity index (χ2n) is 3.24. The molecule has 2 amide bonds. The Morgan fingerprint density at radius 3 is 2.82 bits per heavy atom. The molecule has 0 atom stereocenters. The topological polar surface area (TPSA) is 120 Å². The lowest BCUT2D eigenvalue weighted by Gasteiger charge is -2.06. The number of aromatic nitrogens is 1. The maximum atomic E-state index is 10.9. The summed E-state index contributed by atoms with van der Waals surface area (Å²) in [5.41, 5.74) is 10.9. The molecule has 0 aliphatic rings. The van der Waals surface area contributed by atoms with Crippen LogP contribution in [0.4, 0.5) is 5.69 Å². The molecule has 0 aliphatic heterocycles. The Balaban J connectivity index is 2.34. The lowest BCUT2D eigenvalue weighted by Crippen LogP contribution is -2.20. The molecule has 17 heavy (non-hydrogen) atoms. The number of carbonyl (C=O) groups excluding carboxylic acids is 2. The van der Waals surface area contributed by atoms with Crippen LogP contribution in [0.5, 0.6) is 0 Å². The molecule has 1 aromatic rings. The highest BCUT2D eigenvalue weighted by Gasteiger charge is 2.02. The third-order valence-corrected chi connectivity index (χ3v) is 1.83. The van der Waals surface area contributed by atoms with E-state index in [2.05, 4.69) is 10.3 Å². The van der Waals surface area contributed by atoms with Gasteiger partial charge in [0, 0.05) is 18.4 Å². The van der Waals surface area contributed by atoms with Crippen LogP contribution in [0.15, 0.2) is 18.3 Å². The van der Waals surface area contributed by atoms with Crippen molar-refractivity contribution in [3.63, 3.8) is 0 Å². The predicted molar refractivity (Wildman–Crippen MR) is 61.3 cm³/mol. The van der Waals surface area contributed by atoms with Crippen molar-refractivity contribution in [2.75, 3.05) is 25.1 Å². The van der Waals surface area contributed by atoms with Gasteiger partial charge in [-0.2, -0.15) is 0 Å². The van der Waals surface area contributed by atoms with Crippen molar-refractivity contribution in [1.82, 2.24) is 4.98 Å². The first-order valence-corrected chi connectivity index (χ1v) is 4.95. The van der Waals surface area contributed by atoms with Gasteiger partial charge < -0.3 is 21.5 Å². The number of rotatable bonds is 7. The highest BCUT2D eigenvalue weighted by Crippen LogP contribution is 2.06. The summed E-state index contributed by atoms with van der Waals surface area (Å²) in [4.78, 5) is 25.0. The second kappa shape index (κ2) is 6.44. The van der Waals surface area contributed by atoms with E-state index in [0.29, 0.717) is 18.8 Å². The molecule has 0 bridgehead atoms. The molecule has 0 saturated carbocycles. The quantitative estimate of drug-likeness (QED) is 0.531. The lowest BCUT2D eigenvalue weighted by atomic mass is 10.3. The van der Waals surface area contributed by atoms with Crippen LogP contribution >= 0.6 is 0 Å². The molecule has 92 valence electrons. The van der Waals surface area contributed by atoms with E-state index in [-0.39, 0.29) is 12.3 Å². The maximum absolute atomic E-state index is 10.9. The van der Waals surface area contributed by atoms with Crippen LogP contribution in [0.2, 0.25) is 0 Å². The molecule has 0 saturated heterocycles. The summed E-state index contributed by atoms with van der Waals surface area (Å²) in [6, 6.07) is 3.23. The van der Waals surface area contributed by atoms with Gasteiger partial charge in [0.15, 0.2) is 0 Å².